The topological polar surface area (TPSA) is 29.9 Å². The van der Waals surface area contributed by atoms with E-state index >= 15 is 0 Å². The summed E-state index contributed by atoms with van der Waals surface area (Å²) in [6.07, 6.45) is -1.35. The SMILES string of the molecule is CCNC(c1ccc(C(F)(F)F)c(F)c1)c1cnn(C)c1. The van der Waals surface area contributed by atoms with Crippen LogP contribution in [0.5, 0.6) is 0 Å². The second-order valence-electron chi connectivity index (χ2n) is 4.68. The second-order valence-corrected chi connectivity index (χ2v) is 4.68. The van der Waals surface area contributed by atoms with E-state index in [9.17, 15) is 17.6 Å². The Labute approximate surface area is 119 Å². The quantitative estimate of drug-likeness (QED) is 0.878. The Balaban J connectivity index is 2.40. The Morgan fingerprint density at radius 2 is 2.00 bits per heavy atom. The standard InChI is InChI=1S/C14H15F4N3/c1-3-19-13(10-7-20-21(2)8-10)9-4-5-11(12(15)6-9)14(16,17)18/h4-8,13,19H,3H2,1-2H3. The van der Waals surface area contributed by atoms with Gasteiger partial charge in [0.25, 0.3) is 0 Å². The van der Waals surface area contributed by atoms with Gasteiger partial charge in [0, 0.05) is 18.8 Å². The molecule has 0 bridgehead atoms. The molecule has 0 saturated carbocycles. The molecule has 7 heteroatoms. The molecule has 0 spiro atoms. The van der Waals surface area contributed by atoms with Crippen molar-refractivity contribution in [3.05, 3.63) is 53.1 Å². The molecule has 0 radical (unpaired) electrons. The molecule has 1 N–H and O–H groups in total. The maximum atomic E-state index is 13.7. The van der Waals surface area contributed by atoms with E-state index in [0.29, 0.717) is 12.1 Å². The average molecular weight is 301 g/mol. The first-order valence-electron chi connectivity index (χ1n) is 6.41. The van der Waals surface area contributed by atoms with Gasteiger partial charge in [-0.15, -0.1) is 0 Å². The van der Waals surface area contributed by atoms with E-state index in [0.717, 1.165) is 17.7 Å². The van der Waals surface area contributed by atoms with Crippen LogP contribution in [0.15, 0.2) is 30.6 Å². The number of benzene rings is 1. The lowest BCUT2D eigenvalue weighted by atomic mass is 9.99. The molecule has 1 aromatic carbocycles. The molecule has 0 aliphatic heterocycles. The van der Waals surface area contributed by atoms with Crippen molar-refractivity contribution in [3.8, 4) is 0 Å². The minimum Gasteiger partial charge on any atom is -0.306 e. The highest BCUT2D eigenvalue weighted by atomic mass is 19.4. The summed E-state index contributed by atoms with van der Waals surface area (Å²) in [6.45, 7) is 2.45. The zero-order chi connectivity index (χ0) is 15.6. The van der Waals surface area contributed by atoms with Gasteiger partial charge in [-0.1, -0.05) is 13.0 Å². The molecule has 3 nitrogen and oxygen atoms in total. The fourth-order valence-electron chi connectivity index (χ4n) is 2.16. The van der Waals surface area contributed by atoms with Crippen molar-refractivity contribution in [2.75, 3.05) is 6.54 Å². The average Bonchev–Trinajstić information content (AvgIpc) is 2.80. The Morgan fingerprint density at radius 1 is 1.29 bits per heavy atom. The number of rotatable bonds is 4. The molecule has 0 aliphatic carbocycles. The van der Waals surface area contributed by atoms with Crippen molar-refractivity contribution in [1.82, 2.24) is 15.1 Å². The summed E-state index contributed by atoms with van der Waals surface area (Å²) in [5, 5.41) is 7.14. The van der Waals surface area contributed by atoms with Crippen LogP contribution in [0.1, 0.15) is 29.7 Å². The highest BCUT2D eigenvalue weighted by Crippen LogP contribution is 2.33. The number of hydrogen-bond donors (Lipinski definition) is 1. The summed E-state index contributed by atoms with van der Waals surface area (Å²) < 4.78 is 53.0. The van der Waals surface area contributed by atoms with Crippen LogP contribution < -0.4 is 5.32 Å². The Hall–Kier alpha value is -1.89. The third kappa shape index (κ3) is 3.41. The molecular formula is C14H15F4N3. The summed E-state index contributed by atoms with van der Waals surface area (Å²) >= 11 is 0. The van der Waals surface area contributed by atoms with Gasteiger partial charge in [0.05, 0.1) is 17.8 Å². The van der Waals surface area contributed by atoms with E-state index in [1.807, 2.05) is 6.92 Å². The van der Waals surface area contributed by atoms with E-state index in [4.69, 9.17) is 0 Å². The number of nitrogens with zero attached hydrogens (tertiary/aromatic N) is 2. The summed E-state index contributed by atoms with van der Waals surface area (Å²) in [5.41, 5.74) is -0.0680. The summed E-state index contributed by atoms with van der Waals surface area (Å²) in [4.78, 5) is 0. The summed E-state index contributed by atoms with van der Waals surface area (Å²) in [6, 6.07) is 2.57. The zero-order valence-electron chi connectivity index (χ0n) is 11.6. The van der Waals surface area contributed by atoms with Crippen LogP contribution in [-0.4, -0.2) is 16.3 Å². The molecule has 21 heavy (non-hydrogen) atoms. The van der Waals surface area contributed by atoms with Crippen molar-refractivity contribution in [2.24, 2.45) is 7.05 Å². The normalized spacial score (nSPS) is 13.4. The van der Waals surface area contributed by atoms with Crippen LogP contribution in [0.25, 0.3) is 0 Å². The minimum atomic E-state index is -4.69. The van der Waals surface area contributed by atoms with E-state index < -0.39 is 23.6 Å². The van der Waals surface area contributed by atoms with Gasteiger partial charge in [0.2, 0.25) is 0 Å². The molecule has 1 atom stereocenters. The predicted octanol–water partition coefficient (Wildman–Crippen LogP) is 3.28. The van der Waals surface area contributed by atoms with Gasteiger partial charge in [0.1, 0.15) is 5.82 Å². The molecule has 0 aliphatic rings. The van der Waals surface area contributed by atoms with Gasteiger partial charge in [-0.2, -0.15) is 18.3 Å². The third-order valence-corrected chi connectivity index (χ3v) is 3.10. The molecule has 1 heterocycles. The van der Waals surface area contributed by atoms with Crippen molar-refractivity contribution >= 4 is 0 Å². The molecule has 2 aromatic rings. The minimum absolute atomic E-state index is 0.402. The number of aryl methyl sites for hydroxylation is 1. The lowest BCUT2D eigenvalue weighted by Gasteiger charge is -2.18. The number of aromatic nitrogens is 2. The number of halogens is 4. The molecule has 114 valence electrons. The fraction of sp³-hybridized carbons (Fsp3) is 0.357. The van der Waals surface area contributed by atoms with Crippen molar-refractivity contribution in [1.29, 1.82) is 0 Å². The Kier molecular flexibility index (Phi) is 4.32. The molecule has 0 saturated heterocycles. The largest absolute Gasteiger partial charge is 0.419 e. The lowest BCUT2D eigenvalue weighted by Crippen LogP contribution is -2.22. The van der Waals surface area contributed by atoms with Gasteiger partial charge >= 0.3 is 6.18 Å². The summed E-state index contributed by atoms with van der Waals surface area (Å²) in [7, 11) is 1.74. The van der Waals surface area contributed by atoms with Crippen LogP contribution in [0, 0.1) is 5.82 Å². The van der Waals surface area contributed by atoms with E-state index in [-0.39, 0.29) is 0 Å². The van der Waals surface area contributed by atoms with Gasteiger partial charge < -0.3 is 5.32 Å². The second kappa shape index (κ2) is 5.85. The van der Waals surface area contributed by atoms with E-state index in [2.05, 4.69) is 10.4 Å². The monoisotopic (exact) mass is 301 g/mol. The zero-order valence-corrected chi connectivity index (χ0v) is 11.6. The molecular weight excluding hydrogens is 286 g/mol. The van der Waals surface area contributed by atoms with Crippen molar-refractivity contribution in [2.45, 2.75) is 19.1 Å². The third-order valence-electron chi connectivity index (χ3n) is 3.10. The maximum Gasteiger partial charge on any atom is 0.419 e. The van der Waals surface area contributed by atoms with Crippen molar-refractivity contribution in [3.63, 3.8) is 0 Å². The van der Waals surface area contributed by atoms with Crippen LogP contribution in [0.2, 0.25) is 0 Å². The molecule has 0 fully saturated rings. The fourth-order valence-corrected chi connectivity index (χ4v) is 2.16. The molecule has 1 aromatic heterocycles. The number of alkyl halides is 3. The predicted molar refractivity (Wildman–Crippen MR) is 70.1 cm³/mol. The highest BCUT2D eigenvalue weighted by molar-refractivity contribution is 5.33. The number of hydrogen-bond acceptors (Lipinski definition) is 2. The van der Waals surface area contributed by atoms with E-state index in [1.165, 1.54) is 6.07 Å². The first-order chi connectivity index (χ1) is 9.82. The number of nitrogens with one attached hydrogen (secondary N) is 1. The molecule has 2 rings (SSSR count). The first kappa shape index (κ1) is 15.5. The smallest absolute Gasteiger partial charge is 0.306 e. The molecule has 1 unspecified atom stereocenters. The summed E-state index contributed by atoms with van der Waals surface area (Å²) in [5.74, 6) is -1.27. The van der Waals surface area contributed by atoms with E-state index in [1.54, 1.807) is 24.1 Å². The Morgan fingerprint density at radius 3 is 2.48 bits per heavy atom. The van der Waals surface area contributed by atoms with Gasteiger partial charge in [-0.3, -0.25) is 4.68 Å². The maximum absolute atomic E-state index is 13.7. The molecule has 0 amide bonds. The van der Waals surface area contributed by atoms with Crippen LogP contribution in [0.4, 0.5) is 17.6 Å². The lowest BCUT2D eigenvalue weighted by molar-refractivity contribution is -0.140. The highest BCUT2D eigenvalue weighted by Gasteiger charge is 2.34. The Bertz CT molecular complexity index is 619. The van der Waals surface area contributed by atoms with Crippen LogP contribution >= 0.6 is 0 Å². The van der Waals surface area contributed by atoms with Gasteiger partial charge in [0.15, 0.2) is 0 Å². The van der Waals surface area contributed by atoms with Crippen molar-refractivity contribution < 1.29 is 17.6 Å². The van der Waals surface area contributed by atoms with Gasteiger partial charge in [-0.25, -0.2) is 4.39 Å². The first-order valence-corrected chi connectivity index (χ1v) is 6.41. The van der Waals surface area contributed by atoms with Crippen LogP contribution in [-0.2, 0) is 13.2 Å². The van der Waals surface area contributed by atoms with Crippen LogP contribution in [0.3, 0.4) is 0 Å². The van der Waals surface area contributed by atoms with Gasteiger partial charge in [-0.05, 0) is 24.2 Å².